The van der Waals surface area contributed by atoms with Gasteiger partial charge in [0, 0.05) is 0 Å². The van der Waals surface area contributed by atoms with Gasteiger partial charge in [0.2, 0.25) is 0 Å². The zero-order chi connectivity index (χ0) is 16.0. The Morgan fingerprint density at radius 1 is 0.952 bits per heavy atom. The Kier molecular flexibility index (Phi) is 6.47. The van der Waals surface area contributed by atoms with Crippen molar-refractivity contribution >= 4 is 14.4 Å². The Morgan fingerprint density at radius 2 is 1.43 bits per heavy atom. The van der Waals surface area contributed by atoms with Crippen molar-refractivity contribution in [1.82, 2.24) is 0 Å². The molecular weight excluding hydrogens is 272 g/mol. The van der Waals surface area contributed by atoms with Crippen LogP contribution in [0.4, 0.5) is 0 Å². The molecule has 0 N–H and O–H groups in total. The Balaban J connectivity index is 3.17. The van der Waals surface area contributed by atoms with Crippen LogP contribution in [0.2, 0.25) is 16.6 Å². The van der Waals surface area contributed by atoms with Gasteiger partial charge >= 0.3 is 0 Å². The molecule has 0 heterocycles. The molecule has 0 bridgehead atoms. The lowest BCUT2D eigenvalue weighted by atomic mass is 10.2. The van der Waals surface area contributed by atoms with Gasteiger partial charge < -0.3 is 4.43 Å². The second-order valence-corrected chi connectivity index (χ2v) is 12.0. The summed E-state index contributed by atoms with van der Waals surface area (Å²) in [6.45, 7) is 17.8. The highest BCUT2D eigenvalue weighted by molar-refractivity contribution is 6.78. The molecule has 1 aromatic rings. The fourth-order valence-corrected chi connectivity index (χ4v) is 8.66. The Morgan fingerprint density at radius 3 is 1.81 bits per heavy atom. The van der Waals surface area contributed by atoms with Crippen LogP contribution in [0, 0.1) is 0 Å². The molecule has 1 nitrogen and oxygen atoms in total. The Labute approximate surface area is 131 Å². The first kappa shape index (κ1) is 17.8. The molecular formula is C19H30OSi. The first-order valence-corrected chi connectivity index (χ1v) is 10.1. The largest absolute Gasteiger partial charge is 0.543 e. The summed E-state index contributed by atoms with van der Waals surface area (Å²) in [4.78, 5) is 0. The summed E-state index contributed by atoms with van der Waals surface area (Å²) in [6.07, 6.45) is 3.95. The van der Waals surface area contributed by atoms with E-state index in [2.05, 4.69) is 66.3 Å². The topological polar surface area (TPSA) is 9.23 Å². The normalized spacial score (nSPS) is 13.1. The van der Waals surface area contributed by atoms with Crippen LogP contribution in [0.5, 0.6) is 0 Å². The number of hydrogen-bond donors (Lipinski definition) is 0. The first-order valence-electron chi connectivity index (χ1n) is 7.92. The van der Waals surface area contributed by atoms with Crippen LogP contribution in [0.15, 0.2) is 48.7 Å². The molecule has 0 radical (unpaired) electrons. The predicted octanol–water partition coefficient (Wildman–Crippen LogP) is 6.41. The van der Waals surface area contributed by atoms with Crippen LogP contribution in [0.25, 0.3) is 6.08 Å². The molecule has 0 saturated carbocycles. The summed E-state index contributed by atoms with van der Waals surface area (Å²) in [7, 11) is -1.91. The number of allylic oxidation sites excluding steroid dienone is 1. The van der Waals surface area contributed by atoms with Crippen molar-refractivity contribution < 1.29 is 4.43 Å². The van der Waals surface area contributed by atoms with Crippen molar-refractivity contribution in [2.75, 3.05) is 0 Å². The SMILES string of the molecule is C=C/C(=C/c1ccccc1)O[Si](C(C)C)(C(C)C)C(C)C. The van der Waals surface area contributed by atoms with E-state index in [1.807, 2.05) is 24.3 Å². The third-order valence-electron chi connectivity index (χ3n) is 4.31. The van der Waals surface area contributed by atoms with Crippen molar-refractivity contribution in [2.24, 2.45) is 0 Å². The number of benzene rings is 1. The van der Waals surface area contributed by atoms with E-state index in [4.69, 9.17) is 4.43 Å². The molecule has 2 heteroatoms. The fraction of sp³-hybridized carbons (Fsp3) is 0.474. The van der Waals surface area contributed by atoms with E-state index in [0.29, 0.717) is 16.6 Å². The summed E-state index contributed by atoms with van der Waals surface area (Å²) >= 11 is 0. The van der Waals surface area contributed by atoms with Gasteiger partial charge in [-0.25, -0.2) is 0 Å². The quantitative estimate of drug-likeness (QED) is 0.321. The van der Waals surface area contributed by atoms with Crippen molar-refractivity contribution in [3.8, 4) is 0 Å². The molecule has 0 aliphatic heterocycles. The maximum Gasteiger partial charge on any atom is 0.258 e. The maximum absolute atomic E-state index is 6.66. The summed E-state index contributed by atoms with van der Waals surface area (Å²) in [5.41, 5.74) is 2.86. The van der Waals surface area contributed by atoms with Gasteiger partial charge in [0.1, 0.15) is 5.76 Å². The van der Waals surface area contributed by atoms with Gasteiger partial charge in [-0.15, -0.1) is 0 Å². The molecule has 0 amide bonds. The molecule has 1 aromatic carbocycles. The summed E-state index contributed by atoms with van der Waals surface area (Å²) in [6, 6.07) is 10.3. The smallest absolute Gasteiger partial charge is 0.258 e. The van der Waals surface area contributed by atoms with Crippen molar-refractivity contribution in [3.63, 3.8) is 0 Å². The lowest BCUT2D eigenvalue weighted by molar-refractivity contribution is 0.390. The highest BCUT2D eigenvalue weighted by Crippen LogP contribution is 2.43. The number of rotatable bonds is 7. The minimum atomic E-state index is -1.91. The van der Waals surface area contributed by atoms with E-state index in [1.54, 1.807) is 0 Å². The van der Waals surface area contributed by atoms with Crippen LogP contribution >= 0.6 is 0 Å². The molecule has 0 saturated heterocycles. The van der Waals surface area contributed by atoms with E-state index >= 15 is 0 Å². The summed E-state index contributed by atoms with van der Waals surface area (Å²) in [5, 5.41) is 0. The molecule has 0 unspecified atom stereocenters. The molecule has 21 heavy (non-hydrogen) atoms. The molecule has 0 spiro atoms. The predicted molar refractivity (Wildman–Crippen MR) is 96.7 cm³/mol. The standard InChI is InChI=1S/C19H30OSi/c1-8-19(14-18-12-10-9-11-13-18)20-21(15(2)3,16(4)5)17(6)7/h8-17H,1H2,2-7H3/b19-14-. The van der Waals surface area contributed by atoms with Crippen LogP contribution in [0.1, 0.15) is 47.1 Å². The van der Waals surface area contributed by atoms with Crippen molar-refractivity contribution in [1.29, 1.82) is 0 Å². The first-order chi connectivity index (χ1) is 9.84. The third-order valence-corrected chi connectivity index (χ3v) is 10.3. The van der Waals surface area contributed by atoms with Crippen molar-refractivity contribution in [2.45, 2.75) is 58.2 Å². The molecule has 0 aromatic heterocycles. The van der Waals surface area contributed by atoms with Crippen LogP contribution < -0.4 is 0 Å². The van der Waals surface area contributed by atoms with E-state index in [-0.39, 0.29) is 0 Å². The molecule has 0 atom stereocenters. The molecule has 116 valence electrons. The highest BCUT2D eigenvalue weighted by atomic mass is 28.4. The van der Waals surface area contributed by atoms with E-state index in [1.165, 1.54) is 0 Å². The van der Waals surface area contributed by atoms with Crippen LogP contribution in [0.3, 0.4) is 0 Å². The Hall–Kier alpha value is -1.28. The van der Waals surface area contributed by atoms with Gasteiger partial charge in [-0.3, -0.25) is 0 Å². The monoisotopic (exact) mass is 302 g/mol. The van der Waals surface area contributed by atoms with Gasteiger partial charge in [-0.05, 0) is 34.3 Å². The fourth-order valence-electron chi connectivity index (χ4n) is 3.40. The van der Waals surface area contributed by atoms with E-state index in [9.17, 15) is 0 Å². The molecule has 1 rings (SSSR count). The maximum atomic E-state index is 6.66. The van der Waals surface area contributed by atoms with Crippen molar-refractivity contribution in [3.05, 3.63) is 54.3 Å². The zero-order valence-corrected chi connectivity index (χ0v) is 15.4. The molecule has 0 aliphatic rings. The van der Waals surface area contributed by atoms with E-state index in [0.717, 1.165) is 11.3 Å². The molecule has 0 fully saturated rings. The lowest BCUT2D eigenvalue weighted by Crippen LogP contribution is -2.47. The van der Waals surface area contributed by atoms with Gasteiger partial charge in [0.05, 0.1) is 0 Å². The third kappa shape index (κ3) is 4.10. The Bertz CT molecular complexity index is 450. The van der Waals surface area contributed by atoms with Gasteiger partial charge in [0.25, 0.3) is 8.32 Å². The molecule has 0 aliphatic carbocycles. The zero-order valence-electron chi connectivity index (χ0n) is 14.4. The minimum absolute atomic E-state index is 0.566. The summed E-state index contributed by atoms with van der Waals surface area (Å²) < 4.78 is 6.66. The highest BCUT2D eigenvalue weighted by Gasteiger charge is 2.47. The second-order valence-electron chi connectivity index (χ2n) is 6.58. The van der Waals surface area contributed by atoms with Gasteiger partial charge in [-0.1, -0.05) is 78.5 Å². The minimum Gasteiger partial charge on any atom is -0.543 e. The second kappa shape index (κ2) is 7.65. The average Bonchev–Trinajstić information content (AvgIpc) is 2.43. The summed E-state index contributed by atoms with van der Waals surface area (Å²) in [5.74, 6) is 0.906. The van der Waals surface area contributed by atoms with Crippen LogP contribution in [-0.2, 0) is 4.43 Å². The number of hydrogen-bond acceptors (Lipinski definition) is 1. The van der Waals surface area contributed by atoms with Gasteiger partial charge in [0.15, 0.2) is 0 Å². The lowest BCUT2D eigenvalue weighted by Gasteiger charge is -2.42. The van der Waals surface area contributed by atoms with E-state index < -0.39 is 8.32 Å². The van der Waals surface area contributed by atoms with Gasteiger partial charge in [-0.2, -0.15) is 0 Å². The average molecular weight is 303 g/mol. The van der Waals surface area contributed by atoms with Crippen LogP contribution in [-0.4, -0.2) is 8.32 Å².